The summed E-state index contributed by atoms with van der Waals surface area (Å²) in [5.74, 6) is 1.10. The smallest absolute Gasteiger partial charge is 0.269 e. The second-order valence-electron chi connectivity index (χ2n) is 6.11. The molecule has 150 valence electrons. The minimum Gasteiger partial charge on any atom is -0.493 e. The summed E-state index contributed by atoms with van der Waals surface area (Å²) in [5.41, 5.74) is 1.63. The van der Waals surface area contributed by atoms with E-state index in [1.165, 1.54) is 23.9 Å². The molecule has 3 rings (SSSR count). The van der Waals surface area contributed by atoms with Crippen molar-refractivity contribution >= 4 is 17.4 Å². The number of hydrogen-bond acceptors (Lipinski definition) is 6. The van der Waals surface area contributed by atoms with Gasteiger partial charge >= 0.3 is 0 Å². The fourth-order valence-electron chi connectivity index (χ4n) is 2.77. The normalized spacial score (nSPS) is 10.4. The Kier molecular flexibility index (Phi) is 5.77. The molecule has 9 heteroatoms. The Labute approximate surface area is 167 Å². The molecule has 29 heavy (non-hydrogen) atoms. The second kappa shape index (κ2) is 8.42. The lowest BCUT2D eigenvalue weighted by molar-refractivity contribution is -0.384. The van der Waals surface area contributed by atoms with Gasteiger partial charge in [-0.15, -0.1) is 0 Å². The number of ether oxygens (including phenoxy) is 2. The topological polar surface area (TPSA) is 109 Å². The minimum absolute atomic E-state index is 0.0234. The van der Waals surface area contributed by atoms with E-state index in [1.54, 1.807) is 43.3 Å². The van der Waals surface area contributed by atoms with Crippen LogP contribution in [0, 0.1) is 17.0 Å². The number of amides is 1. The van der Waals surface area contributed by atoms with Crippen molar-refractivity contribution < 1.29 is 19.2 Å². The molecular weight excluding hydrogens is 376 g/mol. The number of nitro benzene ring substituents is 1. The maximum Gasteiger partial charge on any atom is 0.269 e. The number of methoxy groups -OCH3 is 1. The summed E-state index contributed by atoms with van der Waals surface area (Å²) >= 11 is 0. The molecule has 0 saturated heterocycles. The van der Waals surface area contributed by atoms with Gasteiger partial charge in [0.2, 0.25) is 0 Å². The van der Waals surface area contributed by atoms with Crippen LogP contribution in [-0.4, -0.2) is 34.3 Å². The number of carbonyl (C=O) groups excluding carboxylic acids is 1. The molecule has 0 unspecified atom stereocenters. The molecule has 0 aliphatic rings. The lowest BCUT2D eigenvalue weighted by atomic mass is 10.2. The first-order valence-electron chi connectivity index (χ1n) is 8.86. The number of nitrogens with zero attached hydrogens (tertiary/aromatic N) is 3. The van der Waals surface area contributed by atoms with Crippen LogP contribution in [0.3, 0.4) is 0 Å². The van der Waals surface area contributed by atoms with Gasteiger partial charge in [-0.2, -0.15) is 5.10 Å². The number of nitrogens with one attached hydrogen (secondary N) is 1. The SMILES string of the molecule is CCOc1ccc(C(=O)Nc2cc(C)nn2-c2ccc([N+](=O)[O-])cc2)cc1OC. The number of anilines is 1. The van der Waals surface area contributed by atoms with Crippen molar-refractivity contribution in [2.24, 2.45) is 0 Å². The zero-order valence-corrected chi connectivity index (χ0v) is 16.2. The van der Waals surface area contributed by atoms with Gasteiger partial charge in [-0.1, -0.05) is 0 Å². The third kappa shape index (κ3) is 4.34. The highest BCUT2D eigenvalue weighted by Crippen LogP contribution is 2.28. The number of nitro groups is 1. The summed E-state index contributed by atoms with van der Waals surface area (Å²) in [6.45, 7) is 4.13. The van der Waals surface area contributed by atoms with Crippen molar-refractivity contribution in [1.82, 2.24) is 9.78 Å². The fraction of sp³-hybridized carbons (Fsp3) is 0.200. The Morgan fingerprint density at radius 1 is 1.17 bits per heavy atom. The Hall–Kier alpha value is -3.88. The highest BCUT2D eigenvalue weighted by Gasteiger charge is 2.15. The van der Waals surface area contributed by atoms with Gasteiger partial charge in [0, 0.05) is 23.8 Å². The maximum absolute atomic E-state index is 12.7. The van der Waals surface area contributed by atoms with E-state index >= 15 is 0 Å². The molecule has 0 aliphatic carbocycles. The van der Waals surface area contributed by atoms with Crippen LogP contribution in [0.1, 0.15) is 23.0 Å². The molecule has 1 amide bonds. The van der Waals surface area contributed by atoms with Crippen LogP contribution in [0.25, 0.3) is 5.69 Å². The number of carbonyl (C=O) groups is 1. The van der Waals surface area contributed by atoms with Crippen LogP contribution in [0.2, 0.25) is 0 Å². The zero-order valence-electron chi connectivity index (χ0n) is 16.2. The van der Waals surface area contributed by atoms with Crippen LogP contribution < -0.4 is 14.8 Å². The van der Waals surface area contributed by atoms with Gasteiger partial charge in [-0.25, -0.2) is 4.68 Å². The Bertz CT molecular complexity index is 1040. The first kappa shape index (κ1) is 19.9. The van der Waals surface area contributed by atoms with E-state index in [2.05, 4.69) is 10.4 Å². The van der Waals surface area contributed by atoms with Crippen molar-refractivity contribution in [2.75, 3.05) is 19.0 Å². The van der Waals surface area contributed by atoms with Crippen molar-refractivity contribution in [1.29, 1.82) is 0 Å². The average molecular weight is 396 g/mol. The molecule has 0 bridgehead atoms. The molecule has 0 aliphatic heterocycles. The van der Waals surface area contributed by atoms with E-state index in [9.17, 15) is 14.9 Å². The summed E-state index contributed by atoms with van der Waals surface area (Å²) in [4.78, 5) is 23.1. The quantitative estimate of drug-likeness (QED) is 0.481. The van der Waals surface area contributed by atoms with Crippen molar-refractivity contribution in [2.45, 2.75) is 13.8 Å². The highest BCUT2D eigenvalue weighted by atomic mass is 16.6. The highest BCUT2D eigenvalue weighted by molar-refractivity contribution is 6.04. The monoisotopic (exact) mass is 396 g/mol. The third-order valence-electron chi connectivity index (χ3n) is 4.10. The van der Waals surface area contributed by atoms with E-state index in [1.807, 2.05) is 6.92 Å². The van der Waals surface area contributed by atoms with Gasteiger partial charge in [0.1, 0.15) is 5.82 Å². The predicted molar refractivity (Wildman–Crippen MR) is 107 cm³/mol. The summed E-state index contributed by atoms with van der Waals surface area (Å²) < 4.78 is 12.3. The lowest BCUT2D eigenvalue weighted by Gasteiger charge is -2.12. The summed E-state index contributed by atoms with van der Waals surface area (Å²) in [7, 11) is 1.51. The second-order valence-corrected chi connectivity index (χ2v) is 6.11. The van der Waals surface area contributed by atoms with Gasteiger partial charge in [-0.05, 0) is 44.2 Å². The number of aryl methyl sites for hydroxylation is 1. The maximum atomic E-state index is 12.7. The molecule has 3 aromatic rings. The Morgan fingerprint density at radius 3 is 2.52 bits per heavy atom. The zero-order chi connectivity index (χ0) is 21.0. The first-order chi connectivity index (χ1) is 13.9. The lowest BCUT2D eigenvalue weighted by Crippen LogP contribution is -2.15. The number of aromatic nitrogens is 2. The van der Waals surface area contributed by atoms with Crippen molar-refractivity contribution in [3.63, 3.8) is 0 Å². The van der Waals surface area contributed by atoms with Gasteiger partial charge in [-0.3, -0.25) is 14.9 Å². The molecule has 0 saturated carbocycles. The molecule has 1 N–H and O–H groups in total. The molecule has 0 spiro atoms. The average Bonchev–Trinajstić information content (AvgIpc) is 3.08. The van der Waals surface area contributed by atoms with E-state index in [-0.39, 0.29) is 11.6 Å². The molecule has 0 radical (unpaired) electrons. The largest absolute Gasteiger partial charge is 0.493 e. The number of non-ortho nitro benzene ring substituents is 1. The minimum atomic E-state index is -0.472. The molecule has 1 aromatic heterocycles. The van der Waals surface area contributed by atoms with Crippen LogP contribution in [0.5, 0.6) is 11.5 Å². The van der Waals surface area contributed by atoms with Gasteiger partial charge in [0.25, 0.3) is 11.6 Å². The van der Waals surface area contributed by atoms with E-state index in [4.69, 9.17) is 9.47 Å². The van der Waals surface area contributed by atoms with Gasteiger partial charge in [0.05, 0.1) is 30.0 Å². The first-order valence-corrected chi connectivity index (χ1v) is 8.86. The summed E-state index contributed by atoms with van der Waals surface area (Å²) in [6.07, 6.45) is 0. The van der Waals surface area contributed by atoms with Crippen LogP contribution in [0.4, 0.5) is 11.5 Å². The van der Waals surface area contributed by atoms with Crippen molar-refractivity contribution in [3.05, 3.63) is 69.9 Å². The summed E-state index contributed by atoms with van der Waals surface area (Å²) in [5, 5.41) is 18.0. The van der Waals surface area contributed by atoms with Gasteiger partial charge in [0.15, 0.2) is 11.5 Å². The molecule has 9 nitrogen and oxygen atoms in total. The predicted octanol–water partition coefficient (Wildman–Crippen LogP) is 3.75. The van der Waals surface area contributed by atoms with E-state index < -0.39 is 4.92 Å². The van der Waals surface area contributed by atoms with Crippen LogP contribution >= 0.6 is 0 Å². The Morgan fingerprint density at radius 2 is 1.90 bits per heavy atom. The van der Waals surface area contributed by atoms with E-state index in [0.717, 1.165) is 0 Å². The van der Waals surface area contributed by atoms with Crippen molar-refractivity contribution in [3.8, 4) is 17.2 Å². The molecule has 0 fully saturated rings. The van der Waals surface area contributed by atoms with Gasteiger partial charge < -0.3 is 14.8 Å². The number of hydrogen-bond donors (Lipinski definition) is 1. The molecular formula is C20H20N4O5. The van der Waals surface area contributed by atoms with Crippen LogP contribution in [-0.2, 0) is 0 Å². The molecule has 2 aromatic carbocycles. The molecule has 0 atom stereocenters. The number of benzene rings is 2. The standard InChI is InChI=1S/C20H20N4O5/c1-4-29-17-10-5-14(12-18(17)28-3)20(25)21-19-11-13(2)22-23(19)15-6-8-16(9-7-15)24(26)27/h5-12H,4H2,1-3H3,(H,21,25). The summed E-state index contributed by atoms with van der Waals surface area (Å²) in [6, 6.07) is 12.5. The van der Waals surface area contributed by atoms with E-state index in [0.29, 0.717) is 40.9 Å². The fourth-order valence-corrected chi connectivity index (χ4v) is 2.77. The molecule has 1 heterocycles. The van der Waals surface area contributed by atoms with Crippen LogP contribution in [0.15, 0.2) is 48.5 Å². The Balaban J connectivity index is 1.87. The third-order valence-corrected chi connectivity index (χ3v) is 4.10. The number of rotatable bonds is 7.